The number of hydrogen-bond acceptors (Lipinski definition) is 2. The lowest BCUT2D eigenvalue weighted by molar-refractivity contribution is -0.117. The van der Waals surface area contributed by atoms with Crippen molar-refractivity contribution in [2.24, 2.45) is 35.3 Å². The Bertz CT molecular complexity index is 262. The van der Waals surface area contributed by atoms with E-state index in [0.717, 1.165) is 36.1 Å². The van der Waals surface area contributed by atoms with Crippen molar-refractivity contribution in [3.63, 3.8) is 0 Å². The minimum absolute atomic E-state index is 0.233. The van der Waals surface area contributed by atoms with Gasteiger partial charge in [-0.05, 0) is 68.2 Å². The Hall–Kier alpha value is -0.570. The van der Waals surface area contributed by atoms with Crippen LogP contribution in [0.25, 0.3) is 0 Å². The fourth-order valence-electron chi connectivity index (χ4n) is 4.73. The van der Waals surface area contributed by atoms with Gasteiger partial charge in [0, 0.05) is 0 Å². The molecule has 0 saturated heterocycles. The van der Waals surface area contributed by atoms with Gasteiger partial charge in [-0.1, -0.05) is 0 Å². The number of carbonyl (C=O) groups is 1. The zero-order valence-electron chi connectivity index (χ0n) is 9.82. The maximum atomic E-state index is 10.7. The molecule has 0 atom stereocenters. The van der Waals surface area contributed by atoms with Crippen LogP contribution in [0.2, 0.25) is 0 Å². The molecule has 16 heavy (non-hydrogen) atoms. The highest BCUT2D eigenvalue weighted by Gasteiger charge is 2.47. The van der Waals surface area contributed by atoms with Crippen LogP contribution in [0.3, 0.4) is 0 Å². The fraction of sp³-hybridized carbons (Fsp3) is 0.923. The van der Waals surface area contributed by atoms with E-state index in [9.17, 15) is 4.79 Å². The van der Waals surface area contributed by atoms with Gasteiger partial charge in [-0.25, -0.2) is 0 Å². The van der Waals surface area contributed by atoms with Gasteiger partial charge < -0.3 is 11.1 Å². The van der Waals surface area contributed by atoms with Crippen LogP contribution in [-0.2, 0) is 4.79 Å². The van der Waals surface area contributed by atoms with Crippen molar-refractivity contribution >= 4 is 5.91 Å². The Kier molecular flexibility index (Phi) is 2.66. The molecule has 0 aromatic carbocycles. The van der Waals surface area contributed by atoms with Crippen LogP contribution in [0.1, 0.15) is 32.1 Å². The van der Waals surface area contributed by atoms with E-state index < -0.39 is 0 Å². The highest BCUT2D eigenvalue weighted by molar-refractivity contribution is 5.75. The van der Waals surface area contributed by atoms with Crippen molar-refractivity contribution in [3.8, 4) is 0 Å². The van der Waals surface area contributed by atoms with Crippen molar-refractivity contribution in [2.75, 3.05) is 13.1 Å². The average Bonchev–Trinajstić information content (AvgIpc) is 2.20. The molecule has 0 radical (unpaired) electrons. The summed E-state index contributed by atoms with van der Waals surface area (Å²) >= 11 is 0. The Balaban J connectivity index is 1.57. The monoisotopic (exact) mass is 222 g/mol. The summed E-state index contributed by atoms with van der Waals surface area (Å²) in [5, 5.41) is 3.24. The third-order valence-electron chi connectivity index (χ3n) is 5.10. The largest absolute Gasteiger partial charge is 0.369 e. The molecule has 0 spiro atoms. The maximum absolute atomic E-state index is 10.7. The third-order valence-corrected chi connectivity index (χ3v) is 5.10. The molecule has 90 valence electrons. The van der Waals surface area contributed by atoms with E-state index in [-0.39, 0.29) is 5.91 Å². The van der Waals surface area contributed by atoms with Crippen LogP contribution in [0.15, 0.2) is 0 Å². The fourth-order valence-corrected chi connectivity index (χ4v) is 4.73. The third kappa shape index (κ3) is 1.86. The summed E-state index contributed by atoms with van der Waals surface area (Å²) in [7, 11) is 0. The van der Waals surface area contributed by atoms with Crippen LogP contribution in [0, 0.1) is 29.6 Å². The van der Waals surface area contributed by atoms with E-state index in [4.69, 9.17) is 5.73 Å². The van der Waals surface area contributed by atoms with E-state index in [1.54, 1.807) is 0 Å². The SMILES string of the molecule is NC(=O)CNCC1C2CC3CC(C2)CC1C3. The zero-order chi connectivity index (χ0) is 11.1. The molecule has 4 bridgehead atoms. The Morgan fingerprint density at radius 1 is 1.06 bits per heavy atom. The molecule has 4 aliphatic rings. The summed E-state index contributed by atoms with van der Waals surface area (Å²) in [5.41, 5.74) is 5.15. The Morgan fingerprint density at radius 3 is 2.12 bits per heavy atom. The predicted molar refractivity (Wildman–Crippen MR) is 62.6 cm³/mol. The van der Waals surface area contributed by atoms with Crippen LogP contribution >= 0.6 is 0 Å². The van der Waals surface area contributed by atoms with Crippen molar-refractivity contribution in [1.82, 2.24) is 5.32 Å². The van der Waals surface area contributed by atoms with Crippen molar-refractivity contribution in [2.45, 2.75) is 32.1 Å². The Labute approximate surface area is 97.2 Å². The lowest BCUT2D eigenvalue weighted by Crippen LogP contribution is -2.49. The summed E-state index contributed by atoms with van der Waals surface area (Å²) in [5.74, 6) is 4.55. The summed E-state index contributed by atoms with van der Waals surface area (Å²) < 4.78 is 0. The first-order valence-electron chi connectivity index (χ1n) is 6.71. The van der Waals surface area contributed by atoms with Crippen LogP contribution < -0.4 is 11.1 Å². The van der Waals surface area contributed by atoms with Gasteiger partial charge in [-0.15, -0.1) is 0 Å². The molecular formula is C13H22N2O. The van der Waals surface area contributed by atoms with Gasteiger partial charge in [-0.2, -0.15) is 0 Å². The molecule has 3 N–H and O–H groups in total. The summed E-state index contributed by atoms with van der Waals surface area (Å²) in [6.45, 7) is 1.36. The first kappa shape index (κ1) is 10.6. The molecule has 0 heterocycles. The molecule has 0 aliphatic heterocycles. The Morgan fingerprint density at radius 2 is 1.62 bits per heavy atom. The lowest BCUT2D eigenvalue weighted by Gasteiger charge is -2.54. The van der Waals surface area contributed by atoms with Crippen LogP contribution in [-0.4, -0.2) is 19.0 Å². The summed E-state index contributed by atoms with van der Waals surface area (Å²) in [6, 6.07) is 0. The minimum atomic E-state index is -0.233. The minimum Gasteiger partial charge on any atom is -0.369 e. The molecule has 3 heteroatoms. The number of carbonyl (C=O) groups excluding carboxylic acids is 1. The van der Waals surface area contributed by atoms with Gasteiger partial charge in [0.05, 0.1) is 6.54 Å². The average molecular weight is 222 g/mol. The first-order valence-corrected chi connectivity index (χ1v) is 6.71. The van der Waals surface area contributed by atoms with Gasteiger partial charge in [0.1, 0.15) is 0 Å². The molecule has 0 aromatic rings. The molecular weight excluding hydrogens is 200 g/mol. The normalized spacial score (nSPS) is 44.9. The van der Waals surface area contributed by atoms with E-state index >= 15 is 0 Å². The van der Waals surface area contributed by atoms with Gasteiger partial charge in [0.25, 0.3) is 0 Å². The van der Waals surface area contributed by atoms with Crippen LogP contribution in [0.4, 0.5) is 0 Å². The standard InChI is InChI=1S/C13H22N2O/c14-13(16)7-15-6-12-10-2-8-1-9(4-10)5-11(12)3-8/h8-12,15H,1-7H2,(H2,14,16). The van der Waals surface area contributed by atoms with Gasteiger partial charge in [0.15, 0.2) is 0 Å². The first-order chi connectivity index (χ1) is 7.72. The second-order valence-electron chi connectivity index (χ2n) is 6.19. The number of nitrogens with two attached hydrogens (primary N) is 1. The molecule has 0 unspecified atom stereocenters. The number of hydrogen-bond donors (Lipinski definition) is 2. The van der Waals surface area contributed by atoms with Gasteiger partial charge in [-0.3, -0.25) is 4.79 Å². The number of rotatable bonds is 4. The number of nitrogens with one attached hydrogen (secondary N) is 1. The maximum Gasteiger partial charge on any atom is 0.231 e. The van der Waals surface area contributed by atoms with E-state index in [0.29, 0.717) is 6.54 Å². The van der Waals surface area contributed by atoms with E-state index in [2.05, 4.69) is 5.32 Å². The zero-order valence-corrected chi connectivity index (χ0v) is 9.82. The van der Waals surface area contributed by atoms with Crippen molar-refractivity contribution < 1.29 is 4.79 Å². The lowest BCUT2D eigenvalue weighted by atomic mass is 9.52. The smallest absolute Gasteiger partial charge is 0.231 e. The topological polar surface area (TPSA) is 55.1 Å². The second kappa shape index (κ2) is 4.02. The highest BCUT2D eigenvalue weighted by atomic mass is 16.1. The van der Waals surface area contributed by atoms with Crippen molar-refractivity contribution in [1.29, 1.82) is 0 Å². The molecule has 3 nitrogen and oxygen atoms in total. The van der Waals surface area contributed by atoms with E-state index in [1.165, 1.54) is 32.1 Å². The molecule has 4 aliphatic carbocycles. The number of amides is 1. The molecule has 4 fully saturated rings. The van der Waals surface area contributed by atoms with Crippen LogP contribution in [0.5, 0.6) is 0 Å². The van der Waals surface area contributed by atoms with Gasteiger partial charge in [0.2, 0.25) is 5.91 Å². The second-order valence-corrected chi connectivity index (χ2v) is 6.19. The van der Waals surface area contributed by atoms with E-state index in [1.807, 2.05) is 0 Å². The molecule has 0 aromatic heterocycles. The van der Waals surface area contributed by atoms with Gasteiger partial charge >= 0.3 is 0 Å². The highest BCUT2D eigenvalue weighted by Crippen LogP contribution is 2.56. The predicted octanol–water partition coefficient (Wildman–Crippen LogP) is 1.13. The quantitative estimate of drug-likeness (QED) is 0.749. The summed E-state index contributed by atoms with van der Waals surface area (Å²) in [4.78, 5) is 10.7. The number of primary amides is 1. The van der Waals surface area contributed by atoms with Crippen molar-refractivity contribution in [3.05, 3.63) is 0 Å². The molecule has 4 saturated carbocycles. The summed E-state index contributed by atoms with van der Waals surface area (Å²) in [6.07, 6.45) is 7.33. The molecule has 4 rings (SSSR count). The molecule has 1 amide bonds.